The fourth-order valence-electron chi connectivity index (χ4n) is 6.48. The second-order valence-electron chi connectivity index (χ2n) is 13.1. The van der Waals surface area contributed by atoms with Gasteiger partial charge in [0.05, 0.1) is 34.7 Å². The van der Waals surface area contributed by atoms with Crippen molar-refractivity contribution >= 4 is 23.4 Å². The SMILES string of the molecule is Cc1nn(-c2ccc(C(N)=O)c(NC3CCN(C(=O)CNC4CCC4)CC3)c2)c2c1C(=O)N(CC1CC1)C(C)(C)C2. The number of hydrogen-bond donors (Lipinski definition) is 3. The molecule has 10 nitrogen and oxygen atoms in total. The van der Waals surface area contributed by atoms with Gasteiger partial charge in [-0.3, -0.25) is 14.4 Å². The van der Waals surface area contributed by atoms with Gasteiger partial charge in [0.1, 0.15) is 0 Å². The molecule has 2 aliphatic heterocycles. The van der Waals surface area contributed by atoms with E-state index in [9.17, 15) is 14.4 Å². The first-order chi connectivity index (χ1) is 19.6. The van der Waals surface area contributed by atoms with E-state index in [-0.39, 0.29) is 23.4 Å². The predicted molar refractivity (Wildman–Crippen MR) is 157 cm³/mol. The first kappa shape index (κ1) is 27.8. The molecule has 41 heavy (non-hydrogen) atoms. The molecule has 3 fully saturated rings. The van der Waals surface area contributed by atoms with Crippen molar-refractivity contribution in [3.8, 4) is 5.69 Å². The van der Waals surface area contributed by atoms with E-state index in [1.807, 2.05) is 33.5 Å². The highest BCUT2D eigenvalue weighted by molar-refractivity contribution is 6.00. The molecule has 2 aliphatic carbocycles. The highest BCUT2D eigenvalue weighted by Gasteiger charge is 2.43. The maximum absolute atomic E-state index is 13.7. The molecule has 2 aromatic rings. The lowest BCUT2D eigenvalue weighted by molar-refractivity contribution is -0.131. The molecule has 3 heterocycles. The molecule has 0 atom stereocenters. The number of nitrogens with one attached hydrogen (secondary N) is 2. The van der Waals surface area contributed by atoms with Crippen molar-refractivity contribution in [3.63, 3.8) is 0 Å². The average molecular weight is 562 g/mol. The second-order valence-corrected chi connectivity index (χ2v) is 13.1. The van der Waals surface area contributed by atoms with Crippen LogP contribution in [0.1, 0.15) is 90.9 Å². The first-order valence-corrected chi connectivity index (χ1v) is 15.2. The Hall–Kier alpha value is -3.40. The van der Waals surface area contributed by atoms with Gasteiger partial charge in [-0.2, -0.15) is 5.10 Å². The molecule has 0 radical (unpaired) electrons. The standard InChI is InChI=1S/C31H43N7O3/c1-19-28-26(16-31(2,3)37(30(28)41)18-20-7-8-20)38(35-19)23-9-10-24(29(32)40)25(15-23)34-22-11-13-36(14-12-22)27(39)17-33-21-5-4-6-21/h9-10,15,20-22,33-34H,4-8,11-14,16-18H2,1-3H3,(H2,32,40). The number of aryl methyl sites for hydroxylation is 1. The third-order valence-electron chi connectivity index (χ3n) is 9.45. The van der Waals surface area contributed by atoms with Crippen LogP contribution in [0.4, 0.5) is 5.69 Å². The molecular weight excluding hydrogens is 518 g/mol. The maximum Gasteiger partial charge on any atom is 0.258 e. The molecule has 0 unspecified atom stereocenters. The number of carbonyl (C=O) groups is 3. The van der Waals surface area contributed by atoms with Gasteiger partial charge in [0, 0.05) is 49.4 Å². The van der Waals surface area contributed by atoms with Crippen LogP contribution in [0.3, 0.4) is 0 Å². The third kappa shape index (κ3) is 5.58. The van der Waals surface area contributed by atoms with Crippen LogP contribution in [0.15, 0.2) is 18.2 Å². The zero-order chi connectivity index (χ0) is 28.9. The monoisotopic (exact) mass is 561 g/mol. The normalized spacial score (nSPS) is 21.0. The number of anilines is 1. The van der Waals surface area contributed by atoms with Crippen molar-refractivity contribution in [3.05, 3.63) is 40.7 Å². The van der Waals surface area contributed by atoms with E-state index in [0.29, 0.717) is 54.8 Å². The summed E-state index contributed by atoms with van der Waals surface area (Å²) in [5.41, 5.74) is 9.63. The molecule has 1 aromatic carbocycles. The van der Waals surface area contributed by atoms with E-state index < -0.39 is 5.91 Å². The molecular formula is C31H43N7O3. The number of hydrogen-bond acceptors (Lipinski definition) is 6. The Morgan fingerprint density at radius 2 is 1.80 bits per heavy atom. The van der Waals surface area contributed by atoms with E-state index in [1.54, 1.807) is 6.07 Å². The third-order valence-corrected chi connectivity index (χ3v) is 9.45. The number of fused-ring (bicyclic) bond motifs is 1. The first-order valence-electron chi connectivity index (χ1n) is 15.2. The van der Waals surface area contributed by atoms with Crippen LogP contribution in [0.2, 0.25) is 0 Å². The second kappa shape index (κ2) is 10.8. The number of aromatic nitrogens is 2. The lowest BCUT2D eigenvalue weighted by Crippen LogP contribution is -2.53. The Bertz CT molecular complexity index is 1350. The predicted octanol–water partition coefficient (Wildman–Crippen LogP) is 3.01. The van der Waals surface area contributed by atoms with Gasteiger partial charge in [-0.1, -0.05) is 6.42 Å². The highest BCUT2D eigenvalue weighted by atomic mass is 16.2. The van der Waals surface area contributed by atoms with E-state index in [1.165, 1.54) is 19.3 Å². The molecule has 4 N–H and O–H groups in total. The van der Waals surface area contributed by atoms with Crippen molar-refractivity contribution in [1.82, 2.24) is 24.9 Å². The molecule has 10 heteroatoms. The number of carbonyl (C=O) groups excluding carboxylic acids is 3. The van der Waals surface area contributed by atoms with Crippen LogP contribution in [-0.2, 0) is 11.2 Å². The van der Waals surface area contributed by atoms with Gasteiger partial charge in [0.25, 0.3) is 11.8 Å². The van der Waals surface area contributed by atoms with E-state index >= 15 is 0 Å². The number of benzene rings is 1. The number of primary amides is 1. The number of rotatable bonds is 9. The molecule has 1 aromatic heterocycles. The largest absolute Gasteiger partial charge is 0.381 e. The fourth-order valence-corrected chi connectivity index (χ4v) is 6.48. The van der Waals surface area contributed by atoms with Crippen molar-refractivity contribution in [2.45, 2.75) is 89.8 Å². The summed E-state index contributed by atoms with van der Waals surface area (Å²) in [6, 6.07) is 6.11. The van der Waals surface area contributed by atoms with E-state index in [2.05, 4.69) is 24.5 Å². The minimum absolute atomic E-state index is 0.0585. The number of nitrogens with zero attached hydrogens (tertiary/aromatic N) is 4. The van der Waals surface area contributed by atoms with Gasteiger partial charge in [0.2, 0.25) is 5.91 Å². The van der Waals surface area contributed by atoms with Gasteiger partial charge in [-0.25, -0.2) is 4.68 Å². The summed E-state index contributed by atoms with van der Waals surface area (Å²) in [5, 5.41) is 11.7. The summed E-state index contributed by atoms with van der Waals surface area (Å²) in [6.45, 7) is 8.72. The van der Waals surface area contributed by atoms with Crippen LogP contribution in [0.5, 0.6) is 0 Å². The molecule has 6 rings (SSSR count). The molecule has 3 amide bonds. The van der Waals surface area contributed by atoms with Gasteiger partial charge in [-0.15, -0.1) is 0 Å². The number of likely N-dealkylation sites (tertiary alicyclic amines) is 1. The van der Waals surface area contributed by atoms with Crippen LogP contribution in [0, 0.1) is 12.8 Å². The Morgan fingerprint density at radius 3 is 2.44 bits per heavy atom. The molecule has 1 saturated heterocycles. The van der Waals surface area contributed by atoms with Gasteiger partial charge >= 0.3 is 0 Å². The Kier molecular flexibility index (Phi) is 7.30. The van der Waals surface area contributed by atoms with Crippen molar-refractivity contribution in [1.29, 1.82) is 0 Å². The lowest BCUT2D eigenvalue weighted by Gasteiger charge is -2.42. The molecule has 4 aliphatic rings. The summed E-state index contributed by atoms with van der Waals surface area (Å²) in [6.07, 6.45) is 8.22. The van der Waals surface area contributed by atoms with Crippen molar-refractivity contribution in [2.24, 2.45) is 11.7 Å². The minimum atomic E-state index is -0.501. The van der Waals surface area contributed by atoms with Crippen molar-refractivity contribution in [2.75, 3.05) is 31.5 Å². The van der Waals surface area contributed by atoms with E-state index in [0.717, 1.165) is 49.3 Å². The number of piperidine rings is 1. The Balaban J connectivity index is 1.19. The van der Waals surface area contributed by atoms with Crippen molar-refractivity contribution < 1.29 is 14.4 Å². The summed E-state index contributed by atoms with van der Waals surface area (Å²) in [4.78, 5) is 42.7. The average Bonchev–Trinajstić information content (AvgIpc) is 3.67. The topological polar surface area (TPSA) is 126 Å². The van der Waals surface area contributed by atoms with Gasteiger partial charge < -0.3 is 26.2 Å². The van der Waals surface area contributed by atoms with Crippen LogP contribution >= 0.6 is 0 Å². The summed E-state index contributed by atoms with van der Waals surface area (Å²) >= 11 is 0. The maximum atomic E-state index is 13.7. The van der Waals surface area contributed by atoms with Crippen LogP contribution in [0.25, 0.3) is 5.69 Å². The zero-order valence-corrected chi connectivity index (χ0v) is 24.5. The highest BCUT2D eigenvalue weighted by Crippen LogP contribution is 2.38. The minimum Gasteiger partial charge on any atom is -0.381 e. The summed E-state index contributed by atoms with van der Waals surface area (Å²) < 4.78 is 1.87. The Morgan fingerprint density at radius 1 is 1.07 bits per heavy atom. The summed E-state index contributed by atoms with van der Waals surface area (Å²) in [7, 11) is 0. The Labute approximate surface area is 242 Å². The molecule has 2 saturated carbocycles. The molecule has 0 spiro atoms. The van der Waals surface area contributed by atoms with Gasteiger partial charge in [0.15, 0.2) is 0 Å². The van der Waals surface area contributed by atoms with Crippen LogP contribution < -0.4 is 16.4 Å². The van der Waals surface area contributed by atoms with E-state index in [4.69, 9.17) is 10.8 Å². The molecule has 220 valence electrons. The lowest BCUT2D eigenvalue weighted by atomic mass is 9.87. The fraction of sp³-hybridized carbons (Fsp3) is 0.613. The summed E-state index contributed by atoms with van der Waals surface area (Å²) in [5.74, 6) is 0.323. The van der Waals surface area contributed by atoms with Crippen LogP contribution in [-0.4, -0.2) is 81.1 Å². The molecule has 0 bridgehead atoms. The quantitative estimate of drug-likeness (QED) is 0.432. The van der Waals surface area contributed by atoms with Gasteiger partial charge in [-0.05, 0) is 83.4 Å². The zero-order valence-electron chi connectivity index (χ0n) is 24.5. The smallest absolute Gasteiger partial charge is 0.258 e. The number of nitrogens with two attached hydrogens (primary N) is 1. The number of amides is 3.